The average molecular weight is 332 g/mol. The van der Waals surface area contributed by atoms with E-state index in [2.05, 4.69) is 17.1 Å². The summed E-state index contributed by atoms with van der Waals surface area (Å²) in [5.41, 5.74) is 0.628. The number of hydrogen-bond acceptors (Lipinski definition) is 4. The lowest BCUT2D eigenvalue weighted by Gasteiger charge is -2.35. The second-order valence-corrected chi connectivity index (χ2v) is 6.56. The average Bonchev–Trinajstić information content (AvgIpc) is 2.65. The smallest absolute Gasteiger partial charge is 0.251 e. The Morgan fingerprint density at radius 3 is 2.92 bits per heavy atom. The van der Waals surface area contributed by atoms with Crippen LogP contribution in [0.1, 0.15) is 49.4 Å². The molecule has 1 unspecified atom stereocenters. The van der Waals surface area contributed by atoms with Gasteiger partial charge in [0.25, 0.3) is 5.91 Å². The molecule has 1 amide bonds. The van der Waals surface area contributed by atoms with E-state index >= 15 is 0 Å². The third kappa shape index (κ3) is 4.20. The Morgan fingerprint density at radius 1 is 1.25 bits per heavy atom. The normalized spacial score (nSPS) is 20.6. The first kappa shape index (κ1) is 17.1. The number of likely N-dealkylation sites (tertiary alicyclic amines) is 1. The first-order valence-corrected chi connectivity index (χ1v) is 9.20. The maximum absolute atomic E-state index is 12.3. The van der Waals surface area contributed by atoms with Gasteiger partial charge in [0, 0.05) is 24.7 Å². The van der Waals surface area contributed by atoms with Crippen molar-refractivity contribution in [2.45, 2.75) is 45.1 Å². The quantitative estimate of drug-likeness (QED) is 0.814. The van der Waals surface area contributed by atoms with Gasteiger partial charge in [-0.25, -0.2) is 0 Å². The number of hydrogen-bond donors (Lipinski definition) is 1. The van der Waals surface area contributed by atoms with Crippen LogP contribution in [-0.2, 0) is 0 Å². The Kier molecular flexibility index (Phi) is 5.96. The van der Waals surface area contributed by atoms with Gasteiger partial charge >= 0.3 is 0 Å². The Balaban J connectivity index is 1.44. The molecule has 24 heavy (non-hydrogen) atoms. The third-order valence-corrected chi connectivity index (χ3v) is 4.93. The van der Waals surface area contributed by atoms with Gasteiger partial charge < -0.3 is 19.7 Å². The Bertz CT molecular complexity index is 562. The number of carbonyl (C=O) groups is 1. The first-order chi connectivity index (χ1) is 11.8. The highest BCUT2D eigenvalue weighted by molar-refractivity contribution is 5.94. The van der Waals surface area contributed by atoms with Gasteiger partial charge in [0.1, 0.15) is 13.2 Å². The second-order valence-electron chi connectivity index (χ2n) is 6.56. The molecule has 0 aliphatic carbocycles. The van der Waals surface area contributed by atoms with Crippen LogP contribution in [0.25, 0.3) is 0 Å². The summed E-state index contributed by atoms with van der Waals surface area (Å²) in [5, 5.41) is 3.02. The van der Waals surface area contributed by atoms with Crippen LogP contribution in [0, 0.1) is 0 Å². The third-order valence-electron chi connectivity index (χ3n) is 4.93. The van der Waals surface area contributed by atoms with Crippen LogP contribution < -0.4 is 14.8 Å². The van der Waals surface area contributed by atoms with E-state index in [0.717, 1.165) is 19.0 Å². The summed E-state index contributed by atoms with van der Waals surface area (Å²) in [6.07, 6.45) is 6.20. The molecule has 2 aliphatic rings. The molecule has 2 heterocycles. The molecule has 1 aromatic rings. The van der Waals surface area contributed by atoms with Crippen LogP contribution in [-0.4, -0.2) is 49.7 Å². The number of rotatable bonds is 6. The highest BCUT2D eigenvalue weighted by Crippen LogP contribution is 2.30. The van der Waals surface area contributed by atoms with E-state index in [1.165, 1.54) is 32.2 Å². The zero-order valence-corrected chi connectivity index (χ0v) is 14.6. The van der Waals surface area contributed by atoms with Crippen LogP contribution in [0.4, 0.5) is 0 Å². The number of amides is 1. The second kappa shape index (κ2) is 8.38. The molecule has 1 saturated heterocycles. The molecule has 1 atom stereocenters. The van der Waals surface area contributed by atoms with Crippen molar-refractivity contribution in [1.29, 1.82) is 0 Å². The molecule has 1 N–H and O–H groups in total. The first-order valence-electron chi connectivity index (χ1n) is 9.20. The number of ether oxygens (including phenoxy) is 2. The van der Waals surface area contributed by atoms with Gasteiger partial charge in [-0.2, -0.15) is 0 Å². The zero-order valence-electron chi connectivity index (χ0n) is 14.6. The molecule has 132 valence electrons. The van der Waals surface area contributed by atoms with Gasteiger partial charge in [0.2, 0.25) is 0 Å². The minimum Gasteiger partial charge on any atom is -0.486 e. The van der Waals surface area contributed by atoms with E-state index in [1.807, 2.05) is 6.07 Å². The molecule has 0 radical (unpaired) electrons. The number of nitrogens with one attached hydrogen (secondary N) is 1. The largest absolute Gasteiger partial charge is 0.486 e. The maximum atomic E-state index is 12.3. The van der Waals surface area contributed by atoms with E-state index < -0.39 is 0 Å². The van der Waals surface area contributed by atoms with Gasteiger partial charge in [-0.3, -0.25) is 4.79 Å². The van der Waals surface area contributed by atoms with Crippen LogP contribution >= 0.6 is 0 Å². The molecule has 1 fully saturated rings. The molecule has 0 spiro atoms. The molecule has 5 heteroatoms. The molecule has 5 nitrogen and oxygen atoms in total. The highest BCUT2D eigenvalue weighted by Gasteiger charge is 2.20. The predicted molar refractivity (Wildman–Crippen MR) is 93.9 cm³/mol. The van der Waals surface area contributed by atoms with Crippen LogP contribution in [0.2, 0.25) is 0 Å². The van der Waals surface area contributed by atoms with Crippen molar-refractivity contribution < 1.29 is 14.3 Å². The lowest BCUT2D eigenvalue weighted by molar-refractivity contribution is 0.0946. The van der Waals surface area contributed by atoms with Crippen LogP contribution in [0.3, 0.4) is 0 Å². The number of fused-ring (bicyclic) bond motifs is 1. The number of nitrogens with zero attached hydrogens (tertiary/aromatic N) is 1. The number of benzene rings is 1. The fourth-order valence-corrected chi connectivity index (χ4v) is 3.59. The van der Waals surface area contributed by atoms with Gasteiger partial charge in [0.15, 0.2) is 11.5 Å². The summed E-state index contributed by atoms with van der Waals surface area (Å²) in [5.74, 6) is 1.33. The lowest BCUT2D eigenvalue weighted by atomic mass is 10.00. The molecular formula is C19H28N2O3. The molecule has 1 aromatic carbocycles. The van der Waals surface area contributed by atoms with Crippen molar-refractivity contribution in [2.24, 2.45) is 0 Å². The van der Waals surface area contributed by atoms with Gasteiger partial charge in [-0.05, 0) is 50.4 Å². The fourth-order valence-electron chi connectivity index (χ4n) is 3.59. The number of piperidine rings is 1. The van der Waals surface area contributed by atoms with Crippen molar-refractivity contribution in [3.8, 4) is 11.5 Å². The summed E-state index contributed by atoms with van der Waals surface area (Å²) in [7, 11) is 0. The van der Waals surface area contributed by atoms with Crippen LogP contribution in [0.5, 0.6) is 11.5 Å². The van der Waals surface area contributed by atoms with E-state index in [9.17, 15) is 4.79 Å². The summed E-state index contributed by atoms with van der Waals surface area (Å²) in [6, 6.07) is 6.10. The van der Waals surface area contributed by atoms with E-state index in [1.54, 1.807) is 12.1 Å². The SMILES string of the molecule is CCC1CCCCN1CCCNC(=O)c1ccc2c(c1)OCCO2. The van der Waals surface area contributed by atoms with Crippen molar-refractivity contribution >= 4 is 5.91 Å². The van der Waals surface area contributed by atoms with Crippen molar-refractivity contribution in [1.82, 2.24) is 10.2 Å². The minimum absolute atomic E-state index is 0.0438. The lowest BCUT2D eigenvalue weighted by Crippen LogP contribution is -2.40. The Morgan fingerprint density at radius 2 is 2.08 bits per heavy atom. The molecule has 2 aliphatic heterocycles. The van der Waals surface area contributed by atoms with Gasteiger partial charge in [0.05, 0.1) is 0 Å². The maximum Gasteiger partial charge on any atom is 0.251 e. The Hall–Kier alpha value is -1.75. The van der Waals surface area contributed by atoms with Crippen molar-refractivity contribution in [3.05, 3.63) is 23.8 Å². The van der Waals surface area contributed by atoms with Gasteiger partial charge in [-0.1, -0.05) is 13.3 Å². The van der Waals surface area contributed by atoms with Gasteiger partial charge in [-0.15, -0.1) is 0 Å². The summed E-state index contributed by atoms with van der Waals surface area (Å²) in [6.45, 7) is 6.35. The summed E-state index contributed by atoms with van der Waals surface area (Å²) < 4.78 is 11.0. The summed E-state index contributed by atoms with van der Waals surface area (Å²) >= 11 is 0. The molecule has 0 bridgehead atoms. The van der Waals surface area contributed by atoms with E-state index in [-0.39, 0.29) is 5.91 Å². The zero-order chi connectivity index (χ0) is 16.8. The minimum atomic E-state index is -0.0438. The molecule has 0 aromatic heterocycles. The highest BCUT2D eigenvalue weighted by atomic mass is 16.6. The van der Waals surface area contributed by atoms with Crippen molar-refractivity contribution in [3.63, 3.8) is 0 Å². The standard InChI is InChI=1S/C19H28N2O3/c1-2-16-6-3-4-10-21(16)11-5-9-20-19(22)15-7-8-17-18(14-15)24-13-12-23-17/h7-8,14,16H,2-6,9-13H2,1H3,(H,20,22). The molecular weight excluding hydrogens is 304 g/mol. The van der Waals surface area contributed by atoms with E-state index in [4.69, 9.17) is 9.47 Å². The van der Waals surface area contributed by atoms with Crippen LogP contribution in [0.15, 0.2) is 18.2 Å². The van der Waals surface area contributed by atoms with Crippen molar-refractivity contribution in [2.75, 3.05) is 32.8 Å². The topological polar surface area (TPSA) is 50.8 Å². The fraction of sp³-hybridized carbons (Fsp3) is 0.632. The monoisotopic (exact) mass is 332 g/mol. The Labute approximate surface area is 144 Å². The molecule has 0 saturated carbocycles. The number of carbonyl (C=O) groups excluding carboxylic acids is 1. The predicted octanol–water partition coefficient (Wildman–Crippen LogP) is 2.84. The summed E-state index contributed by atoms with van der Waals surface area (Å²) in [4.78, 5) is 14.9. The van der Waals surface area contributed by atoms with E-state index in [0.29, 0.717) is 36.8 Å². The molecule has 3 rings (SSSR count).